The van der Waals surface area contributed by atoms with Gasteiger partial charge in [0.05, 0.1) is 17.7 Å². The molecule has 8 nitrogen and oxygen atoms in total. The van der Waals surface area contributed by atoms with Crippen LogP contribution in [0.5, 0.6) is 0 Å². The maximum absolute atomic E-state index is 13.0. The highest BCUT2D eigenvalue weighted by Crippen LogP contribution is 2.45. The molecule has 1 N–H and O–H groups in total. The average Bonchev–Trinajstić information content (AvgIpc) is 3.47. The monoisotopic (exact) mass is 490 g/mol. The summed E-state index contributed by atoms with van der Waals surface area (Å²) in [7, 11) is 0. The third kappa shape index (κ3) is 4.30. The normalized spacial score (nSPS) is 13.0. The van der Waals surface area contributed by atoms with Crippen LogP contribution < -0.4 is 5.32 Å². The van der Waals surface area contributed by atoms with E-state index < -0.39 is 23.9 Å². The molecule has 1 aliphatic rings. The Hall–Kier alpha value is -3.98. The summed E-state index contributed by atoms with van der Waals surface area (Å²) in [5.74, 6) is -1.70. The number of anilines is 1. The molecule has 1 unspecified atom stereocenters. The number of aromatic nitrogens is 1. The van der Waals surface area contributed by atoms with Gasteiger partial charge in [-0.25, -0.2) is 14.6 Å². The maximum atomic E-state index is 13.0. The zero-order chi connectivity index (χ0) is 24.5. The lowest BCUT2D eigenvalue weighted by molar-refractivity contribution is -0.123. The van der Waals surface area contributed by atoms with Gasteiger partial charge in [-0.1, -0.05) is 24.3 Å². The number of fused-ring (bicyclic) bond motifs is 4. The maximum Gasteiger partial charge on any atom is 0.341 e. The molecule has 5 rings (SSSR count). The fourth-order valence-electron chi connectivity index (χ4n) is 4.13. The summed E-state index contributed by atoms with van der Waals surface area (Å²) in [6, 6.07) is 12.7. The summed E-state index contributed by atoms with van der Waals surface area (Å²) in [5, 5.41) is 3.18. The second-order valence-electron chi connectivity index (χ2n) is 8.06. The highest BCUT2D eigenvalue weighted by Gasteiger charge is 2.31. The Morgan fingerprint density at radius 1 is 1.14 bits per heavy atom. The topological polar surface area (TPSA) is 108 Å². The van der Waals surface area contributed by atoms with Gasteiger partial charge in [0.1, 0.15) is 10.5 Å². The zero-order valence-corrected chi connectivity index (χ0v) is 19.9. The number of carbonyl (C=O) groups excluding carboxylic acids is 3. The Balaban J connectivity index is 1.38. The number of ether oxygens (including phenoxy) is 2. The van der Waals surface area contributed by atoms with Gasteiger partial charge in [-0.15, -0.1) is 11.3 Å². The van der Waals surface area contributed by atoms with Gasteiger partial charge in [0.2, 0.25) is 0 Å². The lowest BCUT2D eigenvalue weighted by Crippen LogP contribution is -2.30. The number of amides is 1. The largest absolute Gasteiger partial charge is 0.462 e. The first-order valence-electron chi connectivity index (χ1n) is 11.2. The van der Waals surface area contributed by atoms with Crippen molar-refractivity contribution in [2.75, 3.05) is 11.9 Å². The molecule has 35 heavy (non-hydrogen) atoms. The molecule has 0 saturated carbocycles. The van der Waals surface area contributed by atoms with E-state index in [2.05, 4.69) is 16.4 Å². The minimum Gasteiger partial charge on any atom is -0.462 e. The first-order chi connectivity index (χ1) is 17.0. The van der Waals surface area contributed by atoms with Gasteiger partial charge < -0.3 is 19.2 Å². The van der Waals surface area contributed by atoms with E-state index in [1.807, 2.05) is 18.2 Å². The smallest absolute Gasteiger partial charge is 0.341 e. The van der Waals surface area contributed by atoms with E-state index in [4.69, 9.17) is 13.9 Å². The van der Waals surface area contributed by atoms with E-state index in [0.29, 0.717) is 28.1 Å². The Kier molecular flexibility index (Phi) is 6.08. The van der Waals surface area contributed by atoms with E-state index >= 15 is 0 Å². The van der Waals surface area contributed by atoms with Crippen LogP contribution in [0.4, 0.5) is 5.00 Å². The van der Waals surface area contributed by atoms with Crippen LogP contribution in [0.3, 0.4) is 0 Å². The SMILES string of the molecule is CCOC(=O)c1c(NC(=O)C(C)OC(=O)c2ccc3ncoc3c2)sc2c1CCc1ccccc1-2. The molecule has 4 aromatic rings. The molecule has 9 heteroatoms. The lowest BCUT2D eigenvalue weighted by Gasteiger charge is -2.16. The molecule has 0 fully saturated rings. The fraction of sp³-hybridized carbons (Fsp3) is 0.231. The third-order valence-corrected chi connectivity index (χ3v) is 7.03. The molecule has 2 aromatic carbocycles. The second kappa shape index (κ2) is 9.34. The van der Waals surface area contributed by atoms with Gasteiger partial charge in [0.15, 0.2) is 18.1 Å². The minimum atomic E-state index is -1.10. The first-order valence-corrected chi connectivity index (χ1v) is 12.0. The lowest BCUT2D eigenvalue weighted by atomic mass is 9.89. The number of hydrogen-bond donors (Lipinski definition) is 1. The molecule has 1 amide bonds. The van der Waals surface area contributed by atoms with Crippen molar-refractivity contribution in [2.45, 2.75) is 32.8 Å². The highest BCUT2D eigenvalue weighted by molar-refractivity contribution is 7.20. The molecule has 0 spiro atoms. The van der Waals surface area contributed by atoms with Crippen molar-refractivity contribution in [3.8, 4) is 10.4 Å². The van der Waals surface area contributed by atoms with Crippen LogP contribution in [0.2, 0.25) is 0 Å². The van der Waals surface area contributed by atoms with Crippen LogP contribution in [0, 0.1) is 0 Å². The van der Waals surface area contributed by atoms with E-state index in [1.165, 1.54) is 36.3 Å². The molecule has 178 valence electrons. The van der Waals surface area contributed by atoms with Crippen LogP contribution >= 0.6 is 11.3 Å². The van der Waals surface area contributed by atoms with Gasteiger partial charge >= 0.3 is 11.9 Å². The Morgan fingerprint density at radius 2 is 1.97 bits per heavy atom. The van der Waals surface area contributed by atoms with Crippen LogP contribution in [-0.2, 0) is 27.1 Å². The number of rotatable bonds is 6. The van der Waals surface area contributed by atoms with Gasteiger partial charge in [0, 0.05) is 4.88 Å². The molecule has 2 aromatic heterocycles. The molecular formula is C26H22N2O6S. The number of oxazole rings is 1. The van der Waals surface area contributed by atoms with Crippen LogP contribution in [0.25, 0.3) is 21.5 Å². The second-order valence-corrected chi connectivity index (χ2v) is 9.08. The first kappa shape index (κ1) is 22.8. The number of nitrogens with zero attached hydrogens (tertiary/aromatic N) is 1. The minimum absolute atomic E-state index is 0.219. The van der Waals surface area contributed by atoms with Crippen molar-refractivity contribution in [3.63, 3.8) is 0 Å². The molecule has 2 heterocycles. The zero-order valence-electron chi connectivity index (χ0n) is 19.1. The standard InChI is InChI=1S/C26H22N2O6S/c1-3-32-26(31)21-18-10-8-15-6-4-5-7-17(15)22(18)35-24(21)28-23(29)14(2)34-25(30)16-9-11-19-20(12-16)33-13-27-19/h4-7,9,11-14H,3,8,10H2,1-2H3,(H,28,29). The highest BCUT2D eigenvalue weighted by atomic mass is 32.1. The predicted molar refractivity (Wildman–Crippen MR) is 131 cm³/mol. The van der Waals surface area contributed by atoms with Gasteiger partial charge in [-0.2, -0.15) is 0 Å². The number of thiophene rings is 1. The van der Waals surface area contributed by atoms with Crippen LogP contribution in [-0.4, -0.2) is 35.5 Å². The predicted octanol–water partition coefficient (Wildman–Crippen LogP) is 5.02. The number of aryl methyl sites for hydroxylation is 1. The molecular weight excluding hydrogens is 468 g/mol. The van der Waals surface area contributed by atoms with E-state index in [1.54, 1.807) is 19.1 Å². The van der Waals surface area contributed by atoms with Gasteiger partial charge in [-0.3, -0.25) is 4.79 Å². The van der Waals surface area contributed by atoms with Crippen molar-refractivity contribution in [3.05, 3.63) is 71.1 Å². The number of hydrogen-bond acceptors (Lipinski definition) is 8. The Bertz CT molecular complexity index is 1450. The molecule has 1 atom stereocenters. The van der Waals surface area contributed by atoms with Crippen molar-refractivity contribution < 1.29 is 28.3 Å². The van der Waals surface area contributed by atoms with Gasteiger partial charge in [0.25, 0.3) is 5.91 Å². The van der Waals surface area contributed by atoms with Crippen LogP contribution in [0.15, 0.2) is 53.3 Å². The summed E-state index contributed by atoms with van der Waals surface area (Å²) in [6.45, 7) is 3.44. The molecule has 0 bridgehead atoms. The number of nitrogens with one attached hydrogen (secondary N) is 1. The summed E-state index contributed by atoms with van der Waals surface area (Å²) in [4.78, 5) is 43.4. The number of benzene rings is 2. The van der Waals surface area contributed by atoms with Crippen molar-refractivity contribution in [1.29, 1.82) is 0 Å². The Morgan fingerprint density at radius 3 is 2.80 bits per heavy atom. The van der Waals surface area contributed by atoms with Crippen molar-refractivity contribution >= 4 is 45.3 Å². The molecule has 0 radical (unpaired) electrons. The third-order valence-electron chi connectivity index (χ3n) is 5.85. The van der Waals surface area contributed by atoms with E-state index in [0.717, 1.165) is 22.4 Å². The molecule has 1 aliphatic carbocycles. The summed E-state index contributed by atoms with van der Waals surface area (Å²) < 4.78 is 15.9. The number of carbonyl (C=O) groups is 3. The van der Waals surface area contributed by atoms with Crippen LogP contribution in [0.1, 0.15) is 45.7 Å². The van der Waals surface area contributed by atoms with Crippen molar-refractivity contribution in [2.24, 2.45) is 0 Å². The fourth-order valence-corrected chi connectivity index (χ4v) is 5.43. The Labute approximate surface area is 204 Å². The van der Waals surface area contributed by atoms with Crippen molar-refractivity contribution in [1.82, 2.24) is 4.98 Å². The quantitative estimate of drug-likeness (QED) is 0.378. The van der Waals surface area contributed by atoms with Gasteiger partial charge in [-0.05, 0) is 61.6 Å². The summed E-state index contributed by atoms with van der Waals surface area (Å²) >= 11 is 1.33. The molecule has 0 saturated heterocycles. The summed E-state index contributed by atoms with van der Waals surface area (Å²) in [5.41, 5.74) is 4.77. The molecule has 0 aliphatic heterocycles. The van der Waals surface area contributed by atoms with E-state index in [-0.39, 0.29) is 12.2 Å². The summed E-state index contributed by atoms with van der Waals surface area (Å²) in [6.07, 6.45) is 1.65. The van der Waals surface area contributed by atoms with E-state index in [9.17, 15) is 14.4 Å². The average molecular weight is 491 g/mol. The number of esters is 2.